The number of aliphatic hydroxyl groups is 1. The van der Waals surface area contributed by atoms with Crippen molar-refractivity contribution in [3.63, 3.8) is 0 Å². The van der Waals surface area contributed by atoms with Crippen molar-refractivity contribution in [2.45, 2.75) is 51.6 Å². The molecule has 0 radical (unpaired) electrons. The predicted molar refractivity (Wildman–Crippen MR) is 85.5 cm³/mol. The molecule has 21 heavy (non-hydrogen) atoms. The third-order valence-electron chi connectivity index (χ3n) is 3.90. The van der Waals surface area contributed by atoms with Crippen molar-refractivity contribution in [3.05, 3.63) is 29.8 Å². The Hall–Kier alpha value is -1.55. The first-order valence-corrected chi connectivity index (χ1v) is 7.70. The summed E-state index contributed by atoms with van der Waals surface area (Å²) < 4.78 is 0. The van der Waals surface area contributed by atoms with E-state index in [1.54, 1.807) is 0 Å². The first kappa shape index (κ1) is 15.8. The minimum atomic E-state index is -0.267. The summed E-state index contributed by atoms with van der Waals surface area (Å²) >= 11 is 0. The van der Waals surface area contributed by atoms with Gasteiger partial charge in [0.05, 0.1) is 6.10 Å². The summed E-state index contributed by atoms with van der Waals surface area (Å²) in [7, 11) is 0. The van der Waals surface area contributed by atoms with Crippen molar-refractivity contribution in [1.29, 1.82) is 0 Å². The number of rotatable bonds is 5. The van der Waals surface area contributed by atoms with Crippen LogP contribution in [0, 0.1) is 5.92 Å². The lowest BCUT2D eigenvalue weighted by Crippen LogP contribution is -2.31. The summed E-state index contributed by atoms with van der Waals surface area (Å²) in [5.74, 6) is 0.458. The molecular weight excluding hydrogens is 264 g/mol. The van der Waals surface area contributed by atoms with E-state index in [0.29, 0.717) is 18.9 Å². The molecule has 2 amide bonds. The third-order valence-corrected chi connectivity index (χ3v) is 3.90. The maximum absolute atomic E-state index is 11.8. The summed E-state index contributed by atoms with van der Waals surface area (Å²) in [5, 5.41) is 15.3. The van der Waals surface area contributed by atoms with Gasteiger partial charge in [-0.2, -0.15) is 0 Å². The molecule has 1 aromatic rings. The maximum Gasteiger partial charge on any atom is 0.319 e. The highest BCUT2D eigenvalue weighted by Gasteiger charge is 2.29. The fourth-order valence-electron chi connectivity index (χ4n) is 2.28. The summed E-state index contributed by atoms with van der Waals surface area (Å²) in [6, 6.07) is 7.68. The number of anilines is 1. The van der Waals surface area contributed by atoms with E-state index in [9.17, 15) is 9.90 Å². The van der Waals surface area contributed by atoms with Crippen LogP contribution in [0.5, 0.6) is 0 Å². The number of urea groups is 1. The molecule has 4 heteroatoms. The average Bonchev–Trinajstić information content (AvgIpc) is 3.22. The molecule has 1 aliphatic rings. The summed E-state index contributed by atoms with van der Waals surface area (Å²) in [5.41, 5.74) is 2.13. The van der Waals surface area contributed by atoms with E-state index in [2.05, 4.69) is 31.4 Å². The molecule has 0 spiro atoms. The van der Waals surface area contributed by atoms with Crippen LogP contribution in [0.3, 0.4) is 0 Å². The zero-order valence-corrected chi connectivity index (χ0v) is 13.1. The predicted octanol–water partition coefficient (Wildman–Crippen LogP) is 3.27. The van der Waals surface area contributed by atoms with Crippen molar-refractivity contribution in [1.82, 2.24) is 5.32 Å². The Morgan fingerprint density at radius 1 is 1.29 bits per heavy atom. The number of benzene rings is 1. The SMILES string of the molecule is CC(C)(C)c1ccc(NC(=O)NCC[C@H](O)C2CC2)cc1. The Morgan fingerprint density at radius 3 is 2.43 bits per heavy atom. The minimum absolute atomic E-state index is 0.111. The molecule has 0 saturated heterocycles. The van der Waals surface area contributed by atoms with Crippen LogP contribution in [0.2, 0.25) is 0 Å². The van der Waals surface area contributed by atoms with Crippen LogP contribution < -0.4 is 10.6 Å². The molecule has 3 N–H and O–H groups in total. The standard InChI is InChI=1S/C17H26N2O2/c1-17(2,3)13-6-8-14(9-7-13)19-16(21)18-11-10-15(20)12-4-5-12/h6-9,12,15,20H,4-5,10-11H2,1-3H3,(H2,18,19,21)/t15-/m0/s1. The van der Waals surface area contributed by atoms with Crippen LogP contribution in [0.1, 0.15) is 45.6 Å². The van der Waals surface area contributed by atoms with Crippen LogP contribution in [-0.4, -0.2) is 23.8 Å². The lowest BCUT2D eigenvalue weighted by Gasteiger charge is -2.19. The zero-order valence-electron chi connectivity index (χ0n) is 13.1. The molecule has 1 aromatic carbocycles. The molecule has 4 nitrogen and oxygen atoms in total. The highest BCUT2D eigenvalue weighted by atomic mass is 16.3. The highest BCUT2D eigenvalue weighted by Crippen LogP contribution is 2.33. The van der Waals surface area contributed by atoms with Gasteiger partial charge in [-0.3, -0.25) is 0 Å². The largest absolute Gasteiger partial charge is 0.393 e. The third kappa shape index (κ3) is 5.05. The van der Waals surface area contributed by atoms with Gasteiger partial charge in [-0.1, -0.05) is 32.9 Å². The number of amides is 2. The Balaban J connectivity index is 1.74. The Labute approximate surface area is 126 Å². The smallest absolute Gasteiger partial charge is 0.319 e. The minimum Gasteiger partial charge on any atom is -0.393 e. The van der Waals surface area contributed by atoms with Gasteiger partial charge in [0.2, 0.25) is 0 Å². The number of hydrogen-bond acceptors (Lipinski definition) is 2. The van der Waals surface area contributed by atoms with Crippen molar-refractivity contribution < 1.29 is 9.90 Å². The molecule has 1 aliphatic carbocycles. The second-order valence-electron chi connectivity index (χ2n) is 6.90. The van der Waals surface area contributed by atoms with Crippen molar-refractivity contribution >= 4 is 11.7 Å². The van der Waals surface area contributed by atoms with E-state index in [4.69, 9.17) is 0 Å². The van der Waals surface area contributed by atoms with Crippen LogP contribution in [0.15, 0.2) is 24.3 Å². The first-order chi connectivity index (χ1) is 9.86. The van der Waals surface area contributed by atoms with Crippen molar-refractivity contribution in [2.24, 2.45) is 5.92 Å². The summed E-state index contributed by atoms with van der Waals surface area (Å²) in [4.78, 5) is 11.8. The van der Waals surface area contributed by atoms with E-state index in [0.717, 1.165) is 18.5 Å². The molecule has 0 unspecified atom stereocenters. The molecule has 2 rings (SSSR count). The molecule has 116 valence electrons. The fourth-order valence-corrected chi connectivity index (χ4v) is 2.28. The van der Waals surface area contributed by atoms with Gasteiger partial charge in [0.1, 0.15) is 0 Å². The van der Waals surface area contributed by atoms with Gasteiger partial charge in [-0.15, -0.1) is 0 Å². The van der Waals surface area contributed by atoms with Gasteiger partial charge in [0, 0.05) is 12.2 Å². The zero-order chi connectivity index (χ0) is 15.5. The lowest BCUT2D eigenvalue weighted by molar-refractivity contribution is 0.142. The van der Waals surface area contributed by atoms with Crippen LogP contribution >= 0.6 is 0 Å². The molecule has 0 heterocycles. The molecule has 1 saturated carbocycles. The van der Waals surface area contributed by atoms with Gasteiger partial charge < -0.3 is 15.7 Å². The molecule has 0 aliphatic heterocycles. The van der Waals surface area contributed by atoms with Crippen LogP contribution in [0.4, 0.5) is 10.5 Å². The van der Waals surface area contributed by atoms with E-state index < -0.39 is 0 Å². The lowest BCUT2D eigenvalue weighted by atomic mass is 9.87. The summed E-state index contributed by atoms with van der Waals surface area (Å²) in [6.07, 6.45) is 2.60. The average molecular weight is 290 g/mol. The molecule has 1 fully saturated rings. The number of hydrogen-bond donors (Lipinski definition) is 3. The topological polar surface area (TPSA) is 61.4 Å². The van der Waals surface area contributed by atoms with E-state index in [-0.39, 0.29) is 17.6 Å². The van der Waals surface area contributed by atoms with Gasteiger partial charge in [-0.25, -0.2) is 4.79 Å². The molecule has 1 atom stereocenters. The van der Waals surface area contributed by atoms with Crippen molar-refractivity contribution in [3.8, 4) is 0 Å². The molecule has 0 aromatic heterocycles. The van der Waals surface area contributed by atoms with Gasteiger partial charge in [-0.05, 0) is 48.3 Å². The van der Waals surface area contributed by atoms with Crippen LogP contribution in [0.25, 0.3) is 0 Å². The number of aliphatic hydroxyl groups excluding tert-OH is 1. The second kappa shape index (κ2) is 6.48. The molecule has 0 bridgehead atoms. The normalized spacial score (nSPS) is 16.4. The maximum atomic E-state index is 11.8. The van der Waals surface area contributed by atoms with E-state index >= 15 is 0 Å². The van der Waals surface area contributed by atoms with Gasteiger partial charge in [0.15, 0.2) is 0 Å². The fraction of sp³-hybridized carbons (Fsp3) is 0.588. The first-order valence-electron chi connectivity index (χ1n) is 7.70. The Bertz CT molecular complexity index is 473. The highest BCUT2D eigenvalue weighted by molar-refractivity contribution is 5.89. The van der Waals surface area contributed by atoms with E-state index in [1.807, 2.05) is 24.3 Å². The quantitative estimate of drug-likeness (QED) is 0.779. The molecular formula is C17H26N2O2. The monoisotopic (exact) mass is 290 g/mol. The number of carbonyl (C=O) groups is 1. The number of nitrogens with one attached hydrogen (secondary N) is 2. The van der Waals surface area contributed by atoms with Crippen LogP contribution in [-0.2, 0) is 5.41 Å². The van der Waals surface area contributed by atoms with E-state index in [1.165, 1.54) is 5.56 Å². The number of carbonyl (C=O) groups excluding carboxylic acids is 1. The Kier molecular flexibility index (Phi) is 4.88. The second-order valence-corrected chi connectivity index (χ2v) is 6.90. The van der Waals surface area contributed by atoms with Gasteiger partial charge in [0.25, 0.3) is 0 Å². The summed E-state index contributed by atoms with van der Waals surface area (Å²) in [6.45, 7) is 6.98. The van der Waals surface area contributed by atoms with Crippen molar-refractivity contribution in [2.75, 3.05) is 11.9 Å². The Morgan fingerprint density at radius 2 is 1.90 bits per heavy atom. The van der Waals surface area contributed by atoms with Gasteiger partial charge >= 0.3 is 6.03 Å².